The highest BCUT2D eigenvalue weighted by molar-refractivity contribution is 5.91. The molecule has 0 unspecified atom stereocenters. The second-order valence-corrected chi connectivity index (χ2v) is 4.85. The van der Waals surface area contributed by atoms with Gasteiger partial charge in [0.15, 0.2) is 11.3 Å². The molecule has 0 amide bonds. The Balaban J connectivity index is 2.37. The van der Waals surface area contributed by atoms with Crippen LogP contribution < -0.4 is 19.6 Å². The highest BCUT2D eigenvalue weighted by atomic mass is 16.5. The minimum Gasteiger partial charge on any atom is -0.496 e. The maximum Gasteiger partial charge on any atom is 0.204 e. The standard InChI is InChI=1S/C18H16O5/c1-20-13-7-5-4-6-11(13)12-10-23-18-15(22-3)9-8-14(21-2)16(18)17(12)19/h4-10H,1-3H3. The van der Waals surface area contributed by atoms with Crippen molar-refractivity contribution in [3.63, 3.8) is 0 Å². The quantitative estimate of drug-likeness (QED) is 0.738. The van der Waals surface area contributed by atoms with Crippen molar-refractivity contribution in [2.75, 3.05) is 21.3 Å². The largest absolute Gasteiger partial charge is 0.496 e. The van der Waals surface area contributed by atoms with Crippen LogP contribution in [0.5, 0.6) is 17.2 Å². The molecule has 0 aliphatic heterocycles. The van der Waals surface area contributed by atoms with Crippen LogP contribution in [0.25, 0.3) is 22.1 Å². The van der Waals surface area contributed by atoms with Crippen LogP contribution in [0.4, 0.5) is 0 Å². The number of hydrogen-bond acceptors (Lipinski definition) is 5. The van der Waals surface area contributed by atoms with Crippen LogP contribution in [0.15, 0.2) is 51.9 Å². The van der Waals surface area contributed by atoms with Gasteiger partial charge in [0.25, 0.3) is 0 Å². The molecule has 118 valence electrons. The number of ether oxygens (including phenoxy) is 3. The Hall–Kier alpha value is -2.95. The normalized spacial score (nSPS) is 10.6. The van der Waals surface area contributed by atoms with E-state index in [2.05, 4.69) is 0 Å². The minimum atomic E-state index is -0.202. The van der Waals surface area contributed by atoms with Gasteiger partial charge in [0.2, 0.25) is 5.43 Å². The van der Waals surface area contributed by atoms with Gasteiger partial charge in [0, 0.05) is 5.56 Å². The Labute approximate surface area is 133 Å². The van der Waals surface area contributed by atoms with Crippen LogP contribution >= 0.6 is 0 Å². The van der Waals surface area contributed by atoms with Crippen LogP contribution in [0.2, 0.25) is 0 Å². The van der Waals surface area contributed by atoms with Gasteiger partial charge in [0.1, 0.15) is 23.1 Å². The van der Waals surface area contributed by atoms with Crippen molar-refractivity contribution in [3.05, 3.63) is 52.9 Å². The summed E-state index contributed by atoms with van der Waals surface area (Å²) < 4.78 is 21.6. The van der Waals surface area contributed by atoms with Crippen molar-refractivity contribution < 1.29 is 18.6 Å². The van der Waals surface area contributed by atoms with Gasteiger partial charge in [-0.15, -0.1) is 0 Å². The van der Waals surface area contributed by atoms with Gasteiger partial charge in [-0.1, -0.05) is 18.2 Å². The zero-order valence-corrected chi connectivity index (χ0v) is 13.1. The molecule has 1 aromatic heterocycles. The molecule has 0 bridgehead atoms. The van der Waals surface area contributed by atoms with Crippen LogP contribution in [0.1, 0.15) is 0 Å². The minimum absolute atomic E-state index is 0.202. The Morgan fingerprint density at radius 2 is 1.43 bits per heavy atom. The van der Waals surface area contributed by atoms with E-state index >= 15 is 0 Å². The third-order valence-corrected chi connectivity index (χ3v) is 3.69. The smallest absolute Gasteiger partial charge is 0.204 e. The molecule has 0 aliphatic carbocycles. The van der Waals surface area contributed by atoms with Crippen LogP contribution in [0.3, 0.4) is 0 Å². The second kappa shape index (κ2) is 6.04. The number of fused-ring (bicyclic) bond motifs is 1. The first kappa shape index (κ1) is 15.0. The molecule has 0 spiro atoms. The first-order valence-electron chi connectivity index (χ1n) is 7.01. The highest BCUT2D eigenvalue weighted by Gasteiger charge is 2.18. The van der Waals surface area contributed by atoms with Crippen molar-refractivity contribution in [2.24, 2.45) is 0 Å². The second-order valence-electron chi connectivity index (χ2n) is 4.85. The fraction of sp³-hybridized carbons (Fsp3) is 0.167. The van der Waals surface area contributed by atoms with Crippen molar-refractivity contribution in [3.8, 4) is 28.4 Å². The Bertz CT molecular complexity index is 911. The van der Waals surface area contributed by atoms with Gasteiger partial charge >= 0.3 is 0 Å². The van der Waals surface area contributed by atoms with Gasteiger partial charge in [0.05, 0.1) is 26.9 Å². The van der Waals surface area contributed by atoms with Gasteiger partial charge in [-0.3, -0.25) is 4.79 Å². The molecule has 0 N–H and O–H groups in total. The molecule has 0 atom stereocenters. The number of hydrogen-bond donors (Lipinski definition) is 0. The summed E-state index contributed by atoms with van der Waals surface area (Å²) in [5, 5.41) is 0.343. The van der Waals surface area contributed by atoms with E-state index in [1.54, 1.807) is 25.3 Å². The third-order valence-electron chi connectivity index (χ3n) is 3.69. The zero-order valence-electron chi connectivity index (χ0n) is 13.1. The van der Waals surface area contributed by atoms with Crippen LogP contribution in [-0.2, 0) is 0 Å². The number of para-hydroxylation sites is 1. The van der Waals surface area contributed by atoms with E-state index < -0.39 is 0 Å². The predicted octanol–water partition coefficient (Wildman–Crippen LogP) is 3.49. The summed E-state index contributed by atoms with van der Waals surface area (Å²) in [5.41, 5.74) is 1.22. The molecule has 0 radical (unpaired) electrons. The molecule has 5 heteroatoms. The van der Waals surface area contributed by atoms with Gasteiger partial charge in [-0.05, 0) is 18.2 Å². The third kappa shape index (κ3) is 2.40. The monoisotopic (exact) mass is 312 g/mol. The molecule has 23 heavy (non-hydrogen) atoms. The molecule has 0 fully saturated rings. The van der Waals surface area contributed by atoms with Crippen molar-refractivity contribution in [2.45, 2.75) is 0 Å². The lowest BCUT2D eigenvalue weighted by molar-refractivity contribution is 0.401. The lowest BCUT2D eigenvalue weighted by Gasteiger charge is -2.11. The molecular formula is C18H16O5. The van der Waals surface area contributed by atoms with Crippen molar-refractivity contribution in [1.29, 1.82) is 0 Å². The first-order valence-corrected chi connectivity index (χ1v) is 7.01. The molecule has 0 saturated carbocycles. The predicted molar refractivity (Wildman–Crippen MR) is 87.6 cm³/mol. The van der Waals surface area contributed by atoms with E-state index in [-0.39, 0.29) is 5.43 Å². The molecule has 0 aliphatic rings. The van der Waals surface area contributed by atoms with E-state index in [0.717, 1.165) is 0 Å². The van der Waals surface area contributed by atoms with Gasteiger partial charge in [-0.2, -0.15) is 0 Å². The zero-order chi connectivity index (χ0) is 16.4. The van der Waals surface area contributed by atoms with Gasteiger partial charge in [-0.25, -0.2) is 0 Å². The molecule has 3 rings (SSSR count). The molecule has 0 saturated heterocycles. The SMILES string of the molecule is COc1ccccc1-c1coc2c(OC)ccc(OC)c2c1=O. The highest BCUT2D eigenvalue weighted by Crippen LogP contribution is 2.34. The summed E-state index contributed by atoms with van der Waals surface area (Å²) in [6.45, 7) is 0. The number of methoxy groups -OCH3 is 3. The van der Waals surface area contributed by atoms with Crippen molar-refractivity contribution >= 4 is 11.0 Å². The average molecular weight is 312 g/mol. The van der Waals surface area contributed by atoms with Crippen molar-refractivity contribution in [1.82, 2.24) is 0 Å². The maximum atomic E-state index is 13.0. The summed E-state index contributed by atoms with van der Waals surface area (Å²) >= 11 is 0. The maximum absolute atomic E-state index is 13.0. The summed E-state index contributed by atoms with van der Waals surface area (Å²) in [6, 6.07) is 10.7. The van der Waals surface area contributed by atoms with Crippen LogP contribution in [-0.4, -0.2) is 21.3 Å². The summed E-state index contributed by atoms with van der Waals surface area (Å²) in [5.74, 6) is 1.51. The number of benzene rings is 2. The lowest BCUT2D eigenvalue weighted by Crippen LogP contribution is -2.07. The average Bonchev–Trinajstić information content (AvgIpc) is 2.61. The summed E-state index contributed by atoms with van der Waals surface area (Å²) in [7, 11) is 4.59. The summed E-state index contributed by atoms with van der Waals surface area (Å²) in [6.07, 6.45) is 1.42. The molecule has 3 aromatic rings. The van der Waals surface area contributed by atoms with E-state index in [4.69, 9.17) is 18.6 Å². The summed E-state index contributed by atoms with van der Waals surface area (Å²) in [4.78, 5) is 13.0. The topological polar surface area (TPSA) is 57.9 Å². The first-order chi connectivity index (χ1) is 11.2. The molecule has 5 nitrogen and oxygen atoms in total. The fourth-order valence-corrected chi connectivity index (χ4v) is 2.57. The molecule has 2 aromatic carbocycles. The Morgan fingerprint density at radius 3 is 2.13 bits per heavy atom. The Morgan fingerprint density at radius 1 is 0.783 bits per heavy atom. The lowest BCUT2D eigenvalue weighted by atomic mass is 10.0. The van der Waals surface area contributed by atoms with E-state index in [9.17, 15) is 4.79 Å². The molecular weight excluding hydrogens is 296 g/mol. The van der Waals surface area contributed by atoms with E-state index in [1.807, 2.05) is 18.2 Å². The Kier molecular flexibility index (Phi) is 3.93. The van der Waals surface area contributed by atoms with E-state index in [0.29, 0.717) is 39.3 Å². The number of rotatable bonds is 4. The molecule has 1 heterocycles. The van der Waals surface area contributed by atoms with Crippen LogP contribution in [0, 0.1) is 0 Å². The van der Waals surface area contributed by atoms with Gasteiger partial charge < -0.3 is 18.6 Å². The fourth-order valence-electron chi connectivity index (χ4n) is 2.57. The van der Waals surface area contributed by atoms with E-state index in [1.165, 1.54) is 20.5 Å².